The fourth-order valence-corrected chi connectivity index (χ4v) is 4.22. The van der Waals surface area contributed by atoms with E-state index in [0.717, 1.165) is 31.2 Å². The minimum absolute atomic E-state index is 0.249. The lowest BCUT2D eigenvalue weighted by Crippen LogP contribution is -2.40. The van der Waals surface area contributed by atoms with E-state index >= 15 is 0 Å². The van der Waals surface area contributed by atoms with Crippen molar-refractivity contribution >= 4 is 23.0 Å². The molecule has 3 aromatic carbocycles. The highest BCUT2D eigenvalue weighted by Gasteiger charge is 2.24. The van der Waals surface area contributed by atoms with Crippen LogP contribution in [0.15, 0.2) is 52.1 Å². The molecule has 3 N–H and O–H groups in total. The average molecular weight is 464 g/mol. The molecule has 0 radical (unpaired) electrons. The van der Waals surface area contributed by atoms with Crippen LogP contribution in [0.25, 0.3) is 0 Å². The predicted octanol–water partition coefficient (Wildman–Crippen LogP) is 3.91. The smallest absolute Gasteiger partial charge is 0.255 e. The highest BCUT2D eigenvalue weighted by molar-refractivity contribution is 6.05. The zero-order valence-electron chi connectivity index (χ0n) is 19.4. The quantitative estimate of drug-likeness (QED) is 0.413. The number of carbonyl (C=O) groups is 1. The third-order valence-electron chi connectivity index (χ3n) is 6.20. The zero-order valence-corrected chi connectivity index (χ0v) is 19.4. The standard InChI is InChI=1S/C26H29N3O5/c1-33-19-12-13-21(34-2)20(14-19)29-26(32)17-10-8-16(9-11-17)15-27-22-23(25(31)24(22)30)28-18-6-4-3-5-7-18/h8-14,18,27-28H,3-7,15H2,1-2H3,(H,29,32). The van der Waals surface area contributed by atoms with Crippen molar-refractivity contribution in [2.75, 3.05) is 30.2 Å². The lowest BCUT2D eigenvalue weighted by molar-refractivity contribution is 0.102. The number of hydrogen-bond acceptors (Lipinski definition) is 7. The molecule has 1 fully saturated rings. The van der Waals surface area contributed by atoms with Crippen LogP contribution in [-0.4, -0.2) is 26.2 Å². The zero-order chi connectivity index (χ0) is 24.1. The van der Waals surface area contributed by atoms with Crippen LogP contribution in [0.5, 0.6) is 11.5 Å². The van der Waals surface area contributed by atoms with Crippen molar-refractivity contribution in [2.45, 2.75) is 44.7 Å². The van der Waals surface area contributed by atoms with Crippen LogP contribution in [0.1, 0.15) is 48.0 Å². The van der Waals surface area contributed by atoms with Crippen LogP contribution < -0.4 is 36.3 Å². The van der Waals surface area contributed by atoms with Gasteiger partial charge in [0, 0.05) is 24.2 Å². The Morgan fingerprint density at radius 1 is 0.912 bits per heavy atom. The van der Waals surface area contributed by atoms with Gasteiger partial charge in [-0.2, -0.15) is 0 Å². The molecule has 0 spiro atoms. The summed E-state index contributed by atoms with van der Waals surface area (Å²) in [4.78, 5) is 36.8. The van der Waals surface area contributed by atoms with Gasteiger partial charge in [-0.25, -0.2) is 0 Å². The largest absolute Gasteiger partial charge is 0.497 e. The summed E-state index contributed by atoms with van der Waals surface area (Å²) in [6, 6.07) is 12.5. The van der Waals surface area contributed by atoms with Crippen molar-refractivity contribution in [2.24, 2.45) is 0 Å². The van der Waals surface area contributed by atoms with Gasteiger partial charge in [0.25, 0.3) is 16.8 Å². The number of amides is 1. The predicted molar refractivity (Wildman–Crippen MR) is 133 cm³/mol. The maximum Gasteiger partial charge on any atom is 0.255 e. The summed E-state index contributed by atoms with van der Waals surface area (Å²) in [5, 5.41) is 9.19. The molecule has 0 saturated heterocycles. The summed E-state index contributed by atoms with van der Waals surface area (Å²) in [5.41, 5.74) is 1.68. The Labute approximate surface area is 198 Å². The van der Waals surface area contributed by atoms with E-state index < -0.39 is 10.9 Å². The normalized spacial score (nSPS) is 13.9. The molecule has 3 aromatic rings. The van der Waals surface area contributed by atoms with Gasteiger partial charge in [0.15, 0.2) is 0 Å². The van der Waals surface area contributed by atoms with E-state index in [2.05, 4.69) is 16.0 Å². The molecule has 0 aromatic heterocycles. The van der Waals surface area contributed by atoms with Crippen molar-refractivity contribution in [3.8, 4) is 11.5 Å². The number of hydrogen-bond donors (Lipinski definition) is 3. The van der Waals surface area contributed by atoms with E-state index in [9.17, 15) is 14.4 Å². The lowest BCUT2D eigenvalue weighted by Gasteiger charge is -2.25. The van der Waals surface area contributed by atoms with Gasteiger partial charge in [-0.3, -0.25) is 14.4 Å². The Morgan fingerprint density at radius 3 is 2.29 bits per heavy atom. The van der Waals surface area contributed by atoms with Gasteiger partial charge >= 0.3 is 0 Å². The van der Waals surface area contributed by atoms with Gasteiger partial charge in [-0.1, -0.05) is 31.4 Å². The topological polar surface area (TPSA) is 106 Å². The Morgan fingerprint density at radius 2 is 1.62 bits per heavy atom. The summed E-state index contributed by atoms with van der Waals surface area (Å²) < 4.78 is 10.5. The molecule has 1 saturated carbocycles. The van der Waals surface area contributed by atoms with E-state index in [1.807, 2.05) is 12.1 Å². The van der Waals surface area contributed by atoms with E-state index in [-0.39, 0.29) is 11.9 Å². The Bertz CT molecular complexity index is 1220. The first-order valence-electron chi connectivity index (χ1n) is 11.5. The number of benzene rings is 2. The second-order valence-corrected chi connectivity index (χ2v) is 8.46. The van der Waals surface area contributed by atoms with Crippen molar-refractivity contribution < 1.29 is 14.3 Å². The third-order valence-corrected chi connectivity index (χ3v) is 6.20. The van der Waals surface area contributed by atoms with Crippen LogP contribution in [0, 0.1) is 0 Å². The Hall–Kier alpha value is -3.81. The van der Waals surface area contributed by atoms with Crippen LogP contribution in [0.2, 0.25) is 0 Å². The third kappa shape index (κ3) is 5.06. The molecule has 4 rings (SSSR count). The van der Waals surface area contributed by atoms with E-state index in [0.29, 0.717) is 40.7 Å². The number of methoxy groups -OCH3 is 2. The molecule has 1 amide bonds. The van der Waals surface area contributed by atoms with Gasteiger partial charge in [-0.15, -0.1) is 0 Å². The molecule has 0 aliphatic heterocycles. The lowest BCUT2D eigenvalue weighted by atomic mass is 9.95. The molecule has 1 aliphatic carbocycles. The van der Waals surface area contributed by atoms with E-state index in [1.165, 1.54) is 13.5 Å². The highest BCUT2D eigenvalue weighted by atomic mass is 16.5. The summed E-state index contributed by atoms with van der Waals surface area (Å²) in [7, 11) is 3.09. The minimum Gasteiger partial charge on any atom is -0.497 e. The van der Waals surface area contributed by atoms with Crippen LogP contribution in [0.3, 0.4) is 0 Å². The summed E-state index contributed by atoms with van der Waals surface area (Å²) in [6.45, 7) is 0.371. The molecular formula is C26H29N3O5. The van der Waals surface area contributed by atoms with Gasteiger partial charge in [0.2, 0.25) is 0 Å². The first-order valence-corrected chi connectivity index (χ1v) is 11.5. The van der Waals surface area contributed by atoms with Crippen molar-refractivity contribution in [1.82, 2.24) is 0 Å². The summed E-state index contributed by atoms with van der Waals surface area (Å²) in [5.74, 6) is 0.848. The summed E-state index contributed by atoms with van der Waals surface area (Å²) in [6.07, 6.45) is 5.53. The average Bonchev–Trinajstić information content (AvgIpc) is 2.88. The molecule has 0 bridgehead atoms. The first-order chi connectivity index (χ1) is 16.5. The molecule has 0 heterocycles. The Balaban J connectivity index is 1.38. The number of carbonyl (C=O) groups excluding carboxylic acids is 1. The van der Waals surface area contributed by atoms with Crippen molar-refractivity contribution in [3.63, 3.8) is 0 Å². The number of anilines is 3. The van der Waals surface area contributed by atoms with Gasteiger partial charge in [0.1, 0.15) is 22.9 Å². The second-order valence-electron chi connectivity index (χ2n) is 8.46. The van der Waals surface area contributed by atoms with Crippen LogP contribution in [-0.2, 0) is 6.54 Å². The molecule has 8 heteroatoms. The molecule has 178 valence electrons. The fraction of sp³-hybridized carbons (Fsp3) is 0.346. The second kappa shape index (κ2) is 10.4. The van der Waals surface area contributed by atoms with E-state index in [4.69, 9.17) is 9.47 Å². The van der Waals surface area contributed by atoms with Gasteiger partial charge in [-0.05, 0) is 42.7 Å². The molecule has 0 unspecified atom stereocenters. The fourth-order valence-electron chi connectivity index (χ4n) is 4.22. The van der Waals surface area contributed by atoms with Crippen LogP contribution >= 0.6 is 0 Å². The molecule has 1 aliphatic rings. The molecule has 34 heavy (non-hydrogen) atoms. The molecule has 0 atom stereocenters. The Kier molecular flexibility index (Phi) is 7.15. The maximum absolute atomic E-state index is 12.7. The van der Waals surface area contributed by atoms with Crippen molar-refractivity contribution in [3.05, 3.63) is 74.0 Å². The summed E-state index contributed by atoms with van der Waals surface area (Å²) >= 11 is 0. The highest BCUT2D eigenvalue weighted by Crippen LogP contribution is 2.29. The van der Waals surface area contributed by atoms with Gasteiger partial charge in [0.05, 0.1) is 19.9 Å². The number of ether oxygens (including phenoxy) is 2. The first kappa shape index (κ1) is 23.4. The SMILES string of the molecule is COc1ccc(OC)c(NC(=O)c2ccc(CNc3c(NC4CCCCC4)c(=O)c3=O)cc2)c1. The molecule has 8 nitrogen and oxygen atoms in total. The van der Waals surface area contributed by atoms with Crippen LogP contribution in [0.4, 0.5) is 17.1 Å². The minimum atomic E-state index is -0.485. The van der Waals surface area contributed by atoms with Gasteiger partial charge < -0.3 is 25.4 Å². The van der Waals surface area contributed by atoms with Crippen molar-refractivity contribution in [1.29, 1.82) is 0 Å². The van der Waals surface area contributed by atoms with E-state index in [1.54, 1.807) is 37.4 Å². The number of rotatable bonds is 9. The number of nitrogens with one attached hydrogen (secondary N) is 3. The maximum atomic E-state index is 12.7. The molecular weight excluding hydrogens is 434 g/mol. The monoisotopic (exact) mass is 463 g/mol.